The quantitative estimate of drug-likeness (QED) is 0.0525. The number of rotatable bonds is 13. The lowest BCUT2D eigenvalue weighted by Gasteiger charge is -2.34. The topological polar surface area (TPSA) is 140 Å². The maximum Gasteiger partial charge on any atom is 0.417 e. The number of aromatic nitrogens is 2. The van der Waals surface area contributed by atoms with Gasteiger partial charge in [0.1, 0.15) is 11.3 Å². The fourth-order valence-electron chi connectivity index (χ4n) is 10.7. The fourth-order valence-corrected chi connectivity index (χ4v) is 11.3. The number of carbonyl (C=O) groups is 2. The van der Waals surface area contributed by atoms with Crippen LogP contribution < -0.4 is 25.2 Å². The van der Waals surface area contributed by atoms with Crippen molar-refractivity contribution in [2.24, 2.45) is 10.7 Å². The number of benzene rings is 4. The Labute approximate surface area is 432 Å². The van der Waals surface area contributed by atoms with E-state index in [1.807, 2.05) is 59.5 Å². The molecule has 4 aliphatic rings. The number of hydrogen-bond acceptors (Lipinski definition) is 10. The summed E-state index contributed by atoms with van der Waals surface area (Å²) >= 11 is 5.71. The number of aryl methyl sites for hydroxylation is 1. The number of alkyl halides is 5. The second-order valence-corrected chi connectivity index (χ2v) is 19.9. The molecule has 2 saturated heterocycles. The first-order chi connectivity index (χ1) is 35.4. The summed E-state index contributed by atoms with van der Waals surface area (Å²) in [5.74, 6) is 0.949. The summed E-state index contributed by atoms with van der Waals surface area (Å²) in [5.41, 5.74) is 9.74. The summed E-state index contributed by atoms with van der Waals surface area (Å²) < 4.78 is 79.2. The maximum atomic E-state index is 14.7. The first-order valence-corrected chi connectivity index (χ1v) is 25.1. The highest BCUT2D eigenvalue weighted by Crippen LogP contribution is 2.44. The van der Waals surface area contributed by atoms with Crippen molar-refractivity contribution in [2.75, 3.05) is 61.1 Å². The highest BCUT2D eigenvalue weighted by atomic mass is 32.1. The number of carbonyl (C=O) groups excluding carboxylic acids is 2. The van der Waals surface area contributed by atoms with Crippen molar-refractivity contribution >= 4 is 63.8 Å². The molecule has 5 aromatic rings. The van der Waals surface area contributed by atoms with Crippen LogP contribution in [0.4, 0.5) is 44.8 Å². The molecule has 4 aromatic carbocycles. The number of anilines is 4. The Morgan fingerprint density at radius 2 is 1.68 bits per heavy atom. The third-order valence-electron chi connectivity index (χ3n) is 14.6. The smallest absolute Gasteiger partial charge is 0.417 e. The molecule has 19 heteroatoms. The van der Waals surface area contributed by atoms with E-state index < -0.39 is 35.2 Å². The predicted molar refractivity (Wildman–Crippen MR) is 280 cm³/mol. The Hall–Kier alpha value is -7.17. The molecule has 0 spiro atoms. The van der Waals surface area contributed by atoms with Crippen molar-refractivity contribution < 1.29 is 36.3 Å². The summed E-state index contributed by atoms with van der Waals surface area (Å²) in [4.78, 5) is 39.4. The average molecular weight is 1030 g/mol. The second-order valence-electron chi connectivity index (χ2n) is 19.5. The van der Waals surface area contributed by atoms with Crippen molar-refractivity contribution in [1.82, 2.24) is 19.6 Å². The number of aliphatic imine (C=N–C) groups is 1. The number of ether oxygens (including phenoxy) is 1. The van der Waals surface area contributed by atoms with Crippen LogP contribution in [-0.4, -0.2) is 94.6 Å². The number of amides is 2. The standard InChI is InChI=1S/C55H57F5N10O3S/c1-34(71)66-25-20-48-46(33-66)51(67-22-5-7-37-27-44(39(31-62)32-63-4)45(50(56)57)29-49(37)67)64-70(48)41-18-23-65(24-19-41)21-6-26-73-43-16-11-36(12-17-43)35-8-13-40(14-9-35)69-53(74)68(52(72)54(69,2)3)42-15-10-38(30-61)47(28-42)55(58,59)60/h8-17,27-29,31-32,41,50H,5-7,18-26,33,62H2,1-4H3/b39-31+,63-32?. The lowest BCUT2D eigenvalue weighted by atomic mass is 9.92. The minimum absolute atomic E-state index is 0.0132. The van der Waals surface area contributed by atoms with E-state index in [1.54, 1.807) is 44.9 Å². The van der Waals surface area contributed by atoms with E-state index in [4.69, 9.17) is 27.8 Å². The number of thiocarbonyl (C=S) groups is 1. The molecule has 386 valence electrons. The number of fused-ring (bicyclic) bond motifs is 2. The SMILES string of the molecule is CN=C/C(=C\N)c1cc2c(cc1C(F)F)N(c1nn(C3CCN(CCCOc4ccc(-c5ccc(N6C(=S)N(c7ccc(C#N)c(C(F)(F)F)c7)C(=O)C6(C)C)cc5)cc4)CC3)c3c1CN(C(C)=O)CC3)CCC2. The largest absolute Gasteiger partial charge is 0.494 e. The molecule has 0 atom stereocenters. The zero-order valence-corrected chi connectivity index (χ0v) is 42.4. The molecule has 0 saturated carbocycles. The van der Waals surface area contributed by atoms with Crippen LogP contribution in [0.3, 0.4) is 0 Å². The summed E-state index contributed by atoms with van der Waals surface area (Å²) in [6.45, 7) is 9.65. The first-order valence-electron chi connectivity index (χ1n) is 24.7. The lowest BCUT2D eigenvalue weighted by Crippen LogP contribution is -2.44. The van der Waals surface area contributed by atoms with Crippen molar-refractivity contribution in [1.29, 1.82) is 5.26 Å². The molecule has 2 amide bonds. The normalized spacial score (nSPS) is 17.6. The van der Waals surface area contributed by atoms with Gasteiger partial charge in [-0.3, -0.25) is 24.2 Å². The zero-order chi connectivity index (χ0) is 52.6. The van der Waals surface area contributed by atoms with Crippen LogP contribution in [0.5, 0.6) is 5.75 Å². The number of allylic oxidation sites excluding steroid dienone is 1. The Balaban J connectivity index is 0.808. The zero-order valence-electron chi connectivity index (χ0n) is 41.6. The minimum Gasteiger partial charge on any atom is -0.494 e. The molecule has 2 N–H and O–H groups in total. The van der Waals surface area contributed by atoms with E-state index in [9.17, 15) is 36.8 Å². The number of piperidine rings is 1. The van der Waals surface area contributed by atoms with E-state index in [1.165, 1.54) is 18.5 Å². The van der Waals surface area contributed by atoms with Gasteiger partial charge in [-0.1, -0.05) is 24.3 Å². The van der Waals surface area contributed by atoms with Gasteiger partial charge in [0.2, 0.25) is 5.91 Å². The molecule has 0 radical (unpaired) electrons. The van der Waals surface area contributed by atoms with Crippen molar-refractivity contribution in [3.63, 3.8) is 0 Å². The number of nitrogens with two attached hydrogens (primary N) is 1. The minimum atomic E-state index is -4.80. The van der Waals surface area contributed by atoms with Gasteiger partial charge in [-0.25, -0.2) is 8.78 Å². The van der Waals surface area contributed by atoms with Crippen LogP contribution >= 0.6 is 12.2 Å². The van der Waals surface area contributed by atoms with Crippen LogP contribution in [0.2, 0.25) is 0 Å². The summed E-state index contributed by atoms with van der Waals surface area (Å²) in [5, 5.41) is 14.6. The van der Waals surface area contributed by atoms with Crippen LogP contribution in [0.15, 0.2) is 90.1 Å². The molecule has 74 heavy (non-hydrogen) atoms. The summed E-state index contributed by atoms with van der Waals surface area (Å²) in [7, 11) is 1.58. The third kappa shape index (κ3) is 9.96. The lowest BCUT2D eigenvalue weighted by molar-refractivity contribution is -0.137. The van der Waals surface area contributed by atoms with Crippen molar-refractivity contribution in [3.05, 3.63) is 124 Å². The molecule has 0 bridgehead atoms. The molecule has 2 fully saturated rings. The average Bonchev–Trinajstić information content (AvgIpc) is 3.85. The van der Waals surface area contributed by atoms with E-state index in [0.717, 1.165) is 108 Å². The van der Waals surface area contributed by atoms with Gasteiger partial charge in [0.05, 0.1) is 42.1 Å². The molecule has 1 aromatic heterocycles. The predicted octanol–water partition coefficient (Wildman–Crippen LogP) is 10.4. The molecular weight excluding hydrogens is 976 g/mol. The second kappa shape index (κ2) is 21.0. The number of halogens is 5. The molecule has 5 heterocycles. The molecule has 0 unspecified atom stereocenters. The fraction of sp³-hybridized carbons (Fsp3) is 0.382. The Morgan fingerprint density at radius 3 is 2.31 bits per heavy atom. The highest BCUT2D eigenvalue weighted by molar-refractivity contribution is 7.81. The van der Waals surface area contributed by atoms with Gasteiger partial charge in [0, 0.05) is 99.3 Å². The van der Waals surface area contributed by atoms with Gasteiger partial charge in [-0.15, -0.1) is 0 Å². The monoisotopic (exact) mass is 1030 g/mol. The number of likely N-dealkylation sites (tertiary alicyclic amines) is 1. The van der Waals surface area contributed by atoms with E-state index >= 15 is 0 Å². The third-order valence-corrected chi connectivity index (χ3v) is 15.0. The molecule has 13 nitrogen and oxygen atoms in total. The summed E-state index contributed by atoms with van der Waals surface area (Å²) in [6.07, 6.45) is 0.0648. The van der Waals surface area contributed by atoms with Crippen molar-refractivity contribution in [3.8, 4) is 22.9 Å². The van der Waals surface area contributed by atoms with E-state index in [2.05, 4.69) is 19.5 Å². The Kier molecular flexibility index (Phi) is 14.7. The first kappa shape index (κ1) is 51.7. The molecular formula is C55H57F5N10O3S. The van der Waals surface area contributed by atoms with E-state index in [0.29, 0.717) is 55.2 Å². The van der Waals surface area contributed by atoms with Crippen LogP contribution in [0.1, 0.15) is 98.0 Å². The van der Waals surface area contributed by atoms with Crippen LogP contribution in [-0.2, 0) is 35.2 Å². The molecule has 0 aliphatic carbocycles. The van der Waals surface area contributed by atoms with Crippen molar-refractivity contribution in [2.45, 2.75) is 90.0 Å². The maximum absolute atomic E-state index is 14.7. The number of nitrogens with zero attached hydrogens (tertiary/aromatic N) is 9. The number of nitriles is 1. The van der Waals surface area contributed by atoms with Gasteiger partial charge in [-0.2, -0.15) is 23.5 Å². The van der Waals surface area contributed by atoms with Gasteiger partial charge < -0.3 is 30.1 Å². The molecule has 4 aliphatic heterocycles. The number of hydrogen-bond donors (Lipinski definition) is 1. The van der Waals surface area contributed by atoms with Crippen LogP contribution in [0, 0.1) is 11.3 Å². The van der Waals surface area contributed by atoms with Gasteiger partial charge in [-0.05, 0) is 135 Å². The van der Waals surface area contributed by atoms with E-state index in [-0.39, 0.29) is 28.3 Å². The van der Waals surface area contributed by atoms with Gasteiger partial charge in [0.25, 0.3) is 12.3 Å². The Bertz CT molecular complexity index is 3070. The Morgan fingerprint density at radius 1 is 0.986 bits per heavy atom. The highest BCUT2D eigenvalue weighted by Gasteiger charge is 2.51. The summed E-state index contributed by atoms with van der Waals surface area (Å²) in [6, 6.07) is 23.4. The van der Waals surface area contributed by atoms with Gasteiger partial charge >= 0.3 is 6.18 Å². The van der Waals surface area contributed by atoms with Gasteiger partial charge in [0.15, 0.2) is 10.9 Å². The molecule has 9 rings (SSSR count). The van der Waals surface area contributed by atoms with Crippen LogP contribution in [0.25, 0.3) is 16.7 Å².